The largest absolute Gasteiger partial charge is 0.494 e. The Morgan fingerprint density at radius 1 is 1.35 bits per heavy atom. The van der Waals surface area contributed by atoms with Crippen LogP contribution in [0.2, 0.25) is 5.02 Å². The molecule has 0 unspecified atom stereocenters. The monoisotopic (exact) mass is 346 g/mol. The third-order valence-electron chi connectivity index (χ3n) is 3.37. The van der Waals surface area contributed by atoms with E-state index >= 15 is 0 Å². The number of nitrogens with one attached hydrogen (secondary N) is 1. The van der Waals surface area contributed by atoms with Crippen LogP contribution < -0.4 is 10.1 Å². The van der Waals surface area contributed by atoms with Crippen LogP contribution in [-0.4, -0.2) is 18.0 Å². The number of halogens is 1. The Balaban J connectivity index is 1.81. The van der Waals surface area contributed by atoms with E-state index in [1.807, 2.05) is 31.2 Å². The van der Waals surface area contributed by atoms with Gasteiger partial charge in [-0.15, -0.1) is 0 Å². The molecule has 1 amide bonds. The number of rotatable bonds is 4. The molecule has 0 aliphatic rings. The van der Waals surface area contributed by atoms with Gasteiger partial charge in [-0.3, -0.25) is 4.79 Å². The highest BCUT2D eigenvalue weighted by Crippen LogP contribution is 2.37. The van der Waals surface area contributed by atoms with Crippen molar-refractivity contribution in [3.8, 4) is 5.75 Å². The number of hydrogen-bond donors (Lipinski definition) is 1. The number of carbonyl (C=O) groups is 1. The van der Waals surface area contributed by atoms with Crippen LogP contribution in [0.25, 0.3) is 10.2 Å². The van der Waals surface area contributed by atoms with E-state index in [1.54, 1.807) is 19.2 Å². The predicted octanol–water partition coefficient (Wildman–Crippen LogP) is 4.45. The lowest BCUT2D eigenvalue weighted by Gasteiger charge is -2.03. The molecule has 1 heterocycles. The number of amides is 1. The van der Waals surface area contributed by atoms with E-state index in [-0.39, 0.29) is 5.91 Å². The van der Waals surface area contributed by atoms with E-state index in [0.717, 1.165) is 15.8 Å². The summed E-state index contributed by atoms with van der Waals surface area (Å²) in [5, 5.41) is 3.94. The second-order valence-electron chi connectivity index (χ2n) is 5.16. The number of nitrogens with zero attached hydrogens (tertiary/aromatic N) is 1. The Hall–Kier alpha value is -2.11. The maximum Gasteiger partial charge on any atom is 0.230 e. The lowest BCUT2D eigenvalue weighted by atomic mass is 10.1. The highest BCUT2D eigenvalue weighted by molar-refractivity contribution is 7.23. The molecule has 23 heavy (non-hydrogen) atoms. The van der Waals surface area contributed by atoms with Crippen LogP contribution in [0.1, 0.15) is 11.1 Å². The van der Waals surface area contributed by atoms with Crippen molar-refractivity contribution in [2.24, 2.45) is 0 Å². The molecule has 0 radical (unpaired) electrons. The average molecular weight is 347 g/mol. The van der Waals surface area contributed by atoms with Crippen LogP contribution in [0.5, 0.6) is 5.75 Å². The first-order valence-corrected chi connectivity index (χ1v) is 8.24. The number of hydrogen-bond acceptors (Lipinski definition) is 4. The molecule has 0 atom stereocenters. The summed E-state index contributed by atoms with van der Waals surface area (Å²) in [5.74, 6) is 0.532. The molecule has 0 saturated heterocycles. The van der Waals surface area contributed by atoms with E-state index in [4.69, 9.17) is 16.3 Å². The summed E-state index contributed by atoms with van der Waals surface area (Å²) in [4.78, 5) is 16.6. The Bertz CT molecular complexity index is 876. The van der Waals surface area contributed by atoms with Gasteiger partial charge in [0.25, 0.3) is 0 Å². The maximum absolute atomic E-state index is 12.2. The Kier molecular flexibility index (Phi) is 4.50. The fourth-order valence-corrected chi connectivity index (χ4v) is 3.51. The number of anilines is 1. The quantitative estimate of drug-likeness (QED) is 0.759. The van der Waals surface area contributed by atoms with Gasteiger partial charge in [-0.2, -0.15) is 0 Å². The highest BCUT2D eigenvalue weighted by atomic mass is 35.5. The van der Waals surface area contributed by atoms with Gasteiger partial charge in [0.15, 0.2) is 5.13 Å². The van der Waals surface area contributed by atoms with Crippen LogP contribution in [0.4, 0.5) is 5.13 Å². The van der Waals surface area contributed by atoms with Crippen molar-refractivity contribution in [1.82, 2.24) is 4.98 Å². The Morgan fingerprint density at radius 2 is 2.17 bits per heavy atom. The molecular formula is C17H15ClN2O2S. The van der Waals surface area contributed by atoms with Crippen molar-refractivity contribution < 1.29 is 9.53 Å². The normalized spacial score (nSPS) is 10.7. The second kappa shape index (κ2) is 6.56. The van der Waals surface area contributed by atoms with Crippen molar-refractivity contribution >= 4 is 44.2 Å². The first-order chi connectivity index (χ1) is 11.1. The molecule has 1 aromatic heterocycles. The summed E-state index contributed by atoms with van der Waals surface area (Å²) in [5.41, 5.74) is 2.77. The van der Waals surface area contributed by atoms with E-state index in [9.17, 15) is 4.79 Å². The minimum absolute atomic E-state index is 0.107. The number of fused-ring (bicyclic) bond motifs is 1. The van der Waals surface area contributed by atoms with Gasteiger partial charge in [0.05, 0.1) is 23.3 Å². The van der Waals surface area contributed by atoms with Gasteiger partial charge >= 0.3 is 0 Å². The number of benzene rings is 2. The molecule has 0 bridgehead atoms. The summed E-state index contributed by atoms with van der Waals surface area (Å²) in [7, 11) is 1.58. The summed E-state index contributed by atoms with van der Waals surface area (Å²) in [6.07, 6.45) is 0.308. The minimum Gasteiger partial charge on any atom is -0.494 e. The van der Waals surface area contributed by atoms with Gasteiger partial charge in [-0.1, -0.05) is 52.8 Å². The zero-order chi connectivity index (χ0) is 16.4. The standard InChI is InChI=1S/C17H15ClN2O2S/c1-10-4-3-5-11(8-10)9-14(21)19-17-20-15-13(22-2)7-6-12(18)16(15)23-17/h3-8H,9H2,1-2H3,(H,19,20,21). The van der Waals surface area contributed by atoms with E-state index < -0.39 is 0 Å². The molecule has 1 N–H and O–H groups in total. The molecule has 0 spiro atoms. The Labute approximate surface area is 143 Å². The molecule has 6 heteroatoms. The third kappa shape index (κ3) is 3.46. The molecule has 0 aliphatic carbocycles. The minimum atomic E-state index is -0.107. The van der Waals surface area contributed by atoms with Crippen molar-refractivity contribution in [1.29, 1.82) is 0 Å². The van der Waals surface area contributed by atoms with Crippen molar-refractivity contribution in [2.75, 3.05) is 12.4 Å². The number of thiazole rings is 1. The first kappa shape index (κ1) is 15.8. The Morgan fingerprint density at radius 3 is 2.91 bits per heavy atom. The van der Waals surface area contributed by atoms with Gasteiger partial charge in [0.1, 0.15) is 11.3 Å². The topological polar surface area (TPSA) is 51.2 Å². The molecule has 0 saturated carbocycles. The molecule has 0 aliphatic heterocycles. The number of methoxy groups -OCH3 is 1. The summed E-state index contributed by atoms with van der Waals surface area (Å²) in [6.45, 7) is 2.00. The zero-order valence-electron chi connectivity index (χ0n) is 12.7. The van der Waals surface area contributed by atoms with Crippen LogP contribution in [-0.2, 0) is 11.2 Å². The summed E-state index contributed by atoms with van der Waals surface area (Å²) < 4.78 is 6.09. The average Bonchev–Trinajstić information content (AvgIpc) is 2.92. The predicted molar refractivity (Wildman–Crippen MR) is 94.7 cm³/mol. The third-order valence-corrected chi connectivity index (χ3v) is 4.80. The molecule has 4 nitrogen and oxygen atoms in total. The van der Waals surface area contributed by atoms with Gasteiger partial charge < -0.3 is 10.1 Å². The molecule has 0 fully saturated rings. The molecular weight excluding hydrogens is 332 g/mol. The number of aromatic nitrogens is 1. The maximum atomic E-state index is 12.2. The van der Waals surface area contributed by atoms with Crippen LogP contribution in [0.15, 0.2) is 36.4 Å². The summed E-state index contributed by atoms with van der Waals surface area (Å²) >= 11 is 7.53. The van der Waals surface area contributed by atoms with Crippen molar-refractivity contribution in [3.63, 3.8) is 0 Å². The molecule has 3 rings (SSSR count). The molecule has 3 aromatic rings. The van der Waals surface area contributed by atoms with E-state index in [1.165, 1.54) is 11.3 Å². The highest BCUT2D eigenvalue weighted by Gasteiger charge is 2.14. The van der Waals surface area contributed by atoms with Crippen molar-refractivity contribution in [2.45, 2.75) is 13.3 Å². The smallest absolute Gasteiger partial charge is 0.230 e. The molecule has 118 valence electrons. The van der Waals surface area contributed by atoms with Crippen LogP contribution in [0.3, 0.4) is 0 Å². The molecule has 2 aromatic carbocycles. The fraction of sp³-hybridized carbons (Fsp3) is 0.176. The number of ether oxygens (including phenoxy) is 1. The van der Waals surface area contributed by atoms with E-state index in [0.29, 0.717) is 27.8 Å². The fourth-order valence-electron chi connectivity index (χ4n) is 2.34. The first-order valence-electron chi connectivity index (χ1n) is 7.05. The lowest BCUT2D eigenvalue weighted by Crippen LogP contribution is -2.14. The second-order valence-corrected chi connectivity index (χ2v) is 6.57. The van der Waals surface area contributed by atoms with Crippen LogP contribution in [0, 0.1) is 6.92 Å². The SMILES string of the molecule is COc1ccc(Cl)c2sc(NC(=O)Cc3cccc(C)c3)nc12. The van der Waals surface area contributed by atoms with Gasteiger partial charge in [-0.25, -0.2) is 4.98 Å². The van der Waals surface area contributed by atoms with E-state index in [2.05, 4.69) is 10.3 Å². The van der Waals surface area contributed by atoms with Gasteiger partial charge in [0, 0.05) is 0 Å². The zero-order valence-corrected chi connectivity index (χ0v) is 14.3. The summed E-state index contributed by atoms with van der Waals surface area (Å²) in [6, 6.07) is 11.4. The van der Waals surface area contributed by atoms with Crippen molar-refractivity contribution in [3.05, 3.63) is 52.5 Å². The van der Waals surface area contributed by atoms with Gasteiger partial charge in [-0.05, 0) is 24.6 Å². The number of carbonyl (C=O) groups excluding carboxylic acids is 1. The lowest BCUT2D eigenvalue weighted by molar-refractivity contribution is -0.115. The van der Waals surface area contributed by atoms with Gasteiger partial charge in [0.2, 0.25) is 5.91 Å². The van der Waals surface area contributed by atoms with Crippen LogP contribution >= 0.6 is 22.9 Å². The number of aryl methyl sites for hydroxylation is 1.